The molecule has 6 heteroatoms. The molecule has 0 atom stereocenters. The highest BCUT2D eigenvalue weighted by Gasteiger charge is 2.31. The minimum Gasteiger partial charge on any atom is -0.398 e. The van der Waals surface area contributed by atoms with Crippen molar-refractivity contribution >= 4 is 18.1 Å². The third-order valence-corrected chi connectivity index (χ3v) is 3.50. The minimum absolute atomic E-state index is 0.0711. The Labute approximate surface area is 85.7 Å². The number of halogens is 3. The van der Waals surface area contributed by atoms with Gasteiger partial charge in [-0.05, 0) is 31.5 Å². The van der Waals surface area contributed by atoms with Gasteiger partial charge in [0, 0.05) is 11.0 Å². The highest BCUT2D eigenvalue weighted by molar-refractivity contribution is 7.70. The summed E-state index contributed by atoms with van der Waals surface area (Å²) in [6, 6.07) is 2.89. The number of rotatable bonds is 1. The SMILES string of the molecule is CP(C)(=O)c1ccc(C(F)(F)F)cc1N. The Morgan fingerprint density at radius 3 is 2.13 bits per heavy atom. The fourth-order valence-electron chi connectivity index (χ4n) is 1.22. The highest BCUT2D eigenvalue weighted by Crippen LogP contribution is 2.38. The Kier molecular flexibility index (Phi) is 2.88. The lowest BCUT2D eigenvalue weighted by atomic mass is 10.2. The van der Waals surface area contributed by atoms with Crippen LogP contribution in [0.1, 0.15) is 5.56 Å². The molecule has 0 aliphatic carbocycles. The van der Waals surface area contributed by atoms with Crippen LogP contribution in [0.4, 0.5) is 18.9 Å². The maximum absolute atomic E-state index is 12.3. The van der Waals surface area contributed by atoms with Crippen LogP contribution in [0.3, 0.4) is 0 Å². The molecule has 1 aromatic rings. The average molecular weight is 237 g/mol. The topological polar surface area (TPSA) is 43.1 Å². The molecule has 2 N–H and O–H groups in total. The van der Waals surface area contributed by atoms with Gasteiger partial charge in [-0.2, -0.15) is 13.2 Å². The van der Waals surface area contributed by atoms with Crippen molar-refractivity contribution in [1.29, 1.82) is 0 Å². The van der Waals surface area contributed by atoms with Crippen LogP contribution in [-0.2, 0) is 10.7 Å². The first kappa shape index (κ1) is 12.1. The molecule has 0 spiro atoms. The predicted octanol–water partition coefficient (Wildman–Crippen LogP) is 2.54. The van der Waals surface area contributed by atoms with E-state index in [-0.39, 0.29) is 11.0 Å². The van der Waals surface area contributed by atoms with Crippen molar-refractivity contribution in [3.63, 3.8) is 0 Å². The monoisotopic (exact) mass is 237 g/mol. The van der Waals surface area contributed by atoms with Gasteiger partial charge >= 0.3 is 6.18 Å². The lowest BCUT2D eigenvalue weighted by molar-refractivity contribution is -0.137. The molecule has 0 saturated heterocycles. The zero-order chi connectivity index (χ0) is 11.9. The smallest absolute Gasteiger partial charge is 0.398 e. The molecule has 0 bridgehead atoms. The van der Waals surface area contributed by atoms with Crippen molar-refractivity contribution in [2.75, 3.05) is 19.1 Å². The summed E-state index contributed by atoms with van der Waals surface area (Å²) in [5.74, 6) is 0. The second kappa shape index (κ2) is 3.56. The molecule has 0 fully saturated rings. The van der Waals surface area contributed by atoms with Gasteiger partial charge in [0.25, 0.3) is 0 Å². The molecule has 0 aliphatic heterocycles. The molecule has 0 radical (unpaired) electrons. The molecule has 2 nitrogen and oxygen atoms in total. The van der Waals surface area contributed by atoms with Gasteiger partial charge < -0.3 is 10.3 Å². The molecular formula is C9H11F3NOP. The van der Waals surface area contributed by atoms with Crippen LogP contribution in [0.5, 0.6) is 0 Å². The summed E-state index contributed by atoms with van der Waals surface area (Å²) >= 11 is 0. The Morgan fingerprint density at radius 1 is 1.27 bits per heavy atom. The van der Waals surface area contributed by atoms with Crippen molar-refractivity contribution in [3.8, 4) is 0 Å². The number of benzene rings is 1. The lowest BCUT2D eigenvalue weighted by Crippen LogP contribution is -2.13. The second-order valence-corrected chi connectivity index (χ2v) is 6.81. The molecule has 0 heterocycles. The molecule has 0 aliphatic rings. The van der Waals surface area contributed by atoms with Gasteiger partial charge in [-0.1, -0.05) is 0 Å². The van der Waals surface area contributed by atoms with E-state index in [1.54, 1.807) is 0 Å². The molecule has 0 unspecified atom stereocenters. The lowest BCUT2D eigenvalue weighted by Gasteiger charge is -2.13. The largest absolute Gasteiger partial charge is 0.416 e. The van der Waals surface area contributed by atoms with Gasteiger partial charge in [-0.15, -0.1) is 0 Å². The standard InChI is InChI=1S/C9H11F3NOP/c1-15(2,14)8-4-3-6(5-7(8)13)9(10,11)12/h3-5H,13H2,1-2H3. The van der Waals surface area contributed by atoms with Gasteiger partial charge in [0.2, 0.25) is 0 Å². The van der Waals surface area contributed by atoms with Crippen molar-refractivity contribution in [1.82, 2.24) is 0 Å². The van der Waals surface area contributed by atoms with Crippen molar-refractivity contribution in [2.24, 2.45) is 0 Å². The first-order valence-corrected chi connectivity index (χ1v) is 6.75. The van der Waals surface area contributed by atoms with Crippen molar-refractivity contribution < 1.29 is 17.7 Å². The molecule has 15 heavy (non-hydrogen) atoms. The number of hydrogen-bond acceptors (Lipinski definition) is 2. The predicted molar refractivity (Wildman–Crippen MR) is 54.9 cm³/mol. The Balaban J connectivity index is 3.27. The summed E-state index contributed by atoms with van der Waals surface area (Å²) < 4.78 is 48.5. The number of alkyl halides is 3. The molecule has 1 aromatic carbocycles. The van der Waals surface area contributed by atoms with Crippen LogP contribution in [0.2, 0.25) is 0 Å². The van der Waals surface area contributed by atoms with Gasteiger partial charge in [-0.3, -0.25) is 0 Å². The number of anilines is 1. The Bertz CT molecular complexity index is 422. The molecule has 0 amide bonds. The van der Waals surface area contributed by atoms with Gasteiger partial charge in [0.1, 0.15) is 7.14 Å². The van der Waals surface area contributed by atoms with Crippen LogP contribution in [0, 0.1) is 0 Å². The Morgan fingerprint density at radius 2 is 1.80 bits per heavy atom. The summed E-state index contributed by atoms with van der Waals surface area (Å²) in [7, 11) is -2.62. The fourth-order valence-corrected chi connectivity index (χ4v) is 2.34. The first-order chi connectivity index (χ1) is 6.62. The second-order valence-electron chi connectivity index (χ2n) is 3.62. The molecule has 0 saturated carbocycles. The van der Waals surface area contributed by atoms with E-state index in [2.05, 4.69) is 0 Å². The van der Waals surface area contributed by atoms with Crippen LogP contribution in [-0.4, -0.2) is 13.3 Å². The van der Waals surface area contributed by atoms with E-state index in [0.29, 0.717) is 0 Å². The van der Waals surface area contributed by atoms with Crippen LogP contribution >= 0.6 is 7.14 Å². The zero-order valence-corrected chi connectivity index (χ0v) is 9.19. The fraction of sp³-hybridized carbons (Fsp3) is 0.333. The van der Waals surface area contributed by atoms with E-state index in [9.17, 15) is 17.7 Å². The zero-order valence-electron chi connectivity index (χ0n) is 8.30. The summed E-state index contributed by atoms with van der Waals surface area (Å²) in [5.41, 5.74) is 4.54. The molecular weight excluding hydrogens is 226 g/mol. The van der Waals surface area contributed by atoms with Gasteiger partial charge in [-0.25, -0.2) is 0 Å². The maximum Gasteiger partial charge on any atom is 0.416 e. The number of hydrogen-bond donors (Lipinski definition) is 1. The van der Waals surface area contributed by atoms with E-state index in [1.165, 1.54) is 19.4 Å². The molecule has 0 aromatic heterocycles. The van der Waals surface area contributed by atoms with Crippen LogP contribution in [0.25, 0.3) is 0 Å². The van der Waals surface area contributed by atoms with E-state index in [1.807, 2.05) is 0 Å². The molecule has 1 rings (SSSR count). The normalized spacial score (nSPS) is 12.9. The third-order valence-electron chi connectivity index (χ3n) is 1.94. The van der Waals surface area contributed by atoms with Crippen molar-refractivity contribution in [3.05, 3.63) is 23.8 Å². The summed E-state index contributed by atoms with van der Waals surface area (Å²) in [4.78, 5) is 0. The summed E-state index contributed by atoms with van der Waals surface area (Å²) in [5, 5.41) is 0.288. The first-order valence-electron chi connectivity index (χ1n) is 4.14. The van der Waals surface area contributed by atoms with E-state index in [4.69, 9.17) is 5.73 Å². The van der Waals surface area contributed by atoms with Gasteiger partial charge in [0.05, 0.1) is 5.56 Å². The summed E-state index contributed by atoms with van der Waals surface area (Å²) in [6.45, 7) is 2.93. The molecule has 84 valence electrons. The van der Waals surface area contributed by atoms with Crippen LogP contribution < -0.4 is 11.0 Å². The maximum atomic E-state index is 12.3. The quantitative estimate of drug-likeness (QED) is 0.602. The van der Waals surface area contributed by atoms with Crippen molar-refractivity contribution in [2.45, 2.75) is 6.18 Å². The van der Waals surface area contributed by atoms with E-state index < -0.39 is 18.9 Å². The van der Waals surface area contributed by atoms with E-state index in [0.717, 1.165) is 12.1 Å². The summed E-state index contributed by atoms with van der Waals surface area (Å²) in [6.07, 6.45) is -4.42. The highest BCUT2D eigenvalue weighted by atomic mass is 31.2. The Hall–Kier alpha value is -0.960. The number of nitrogen functional groups attached to an aromatic ring is 1. The van der Waals surface area contributed by atoms with Crippen LogP contribution in [0.15, 0.2) is 18.2 Å². The number of nitrogens with two attached hydrogens (primary N) is 1. The minimum atomic E-state index is -4.42. The van der Waals surface area contributed by atoms with E-state index >= 15 is 0 Å². The average Bonchev–Trinajstić information content (AvgIpc) is 1.99. The van der Waals surface area contributed by atoms with Gasteiger partial charge in [0.15, 0.2) is 0 Å². The third kappa shape index (κ3) is 2.75.